The molecule has 4 heteroatoms. The molecule has 0 spiro atoms. The lowest BCUT2D eigenvalue weighted by molar-refractivity contribution is -0.155. The molecule has 1 N–H and O–H groups in total. The largest absolute Gasteiger partial charge is 0.452 e. The third-order valence-corrected chi connectivity index (χ3v) is 2.67. The number of carbonyl (C=O) groups is 2. The summed E-state index contributed by atoms with van der Waals surface area (Å²) >= 11 is 0. The van der Waals surface area contributed by atoms with Crippen molar-refractivity contribution in [3.8, 4) is 0 Å². The second kappa shape index (κ2) is 3.01. The van der Waals surface area contributed by atoms with Crippen LogP contribution in [0.3, 0.4) is 0 Å². The minimum Gasteiger partial charge on any atom is -0.452 e. The fourth-order valence-electron chi connectivity index (χ4n) is 1.56. The summed E-state index contributed by atoms with van der Waals surface area (Å²) in [6, 6.07) is 0. The molecule has 13 heavy (non-hydrogen) atoms. The van der Waals surface area contributed by atoms with E-state index in [0.29, 0.717) is 18.9 Å². The summed E-state index contributed by atoms with van der Waals surface area (Å²) < 4.78 is 5.07. The molecule has 4 nitrogen and oxygen atoms in total. The van der Waals surface area contributed by atoms with E-state index in [4.69, 9.17) is 4.74 Å². The Bertz CT molecular complexity index is 251. The average molecular weight is 183 g/mol. The highest BCUT2D eigenvalue weighted by Crippen LogP contribution is 2.39. The van der Waals surface area contributed by atoms with E-state index in [1.165, 1.54) is 0 Å². The van der Waals surface area contributed by atoms with Gasteiger partial charge in [-0.15, -0.1) is 0 Å². The Morgan fingerprint density at radius 2 is 2.31 bits per heavy atom. The van der Waals surface area contributed by atoms with E-state index in [1.54, 1.807) is 0 Å². The molecule has 2 aliphatic rings. The number of hydrogen-bond acceptors (Lipinski definition) is 3. The second-order valence-corrected chi connectivity index (χ2v) is 3.82. The summed E-state index contributed by atoms with van der Waals surface area (Å²) in [5.41, 5.74) is 0. The van der Waals surface area contributed by atoms with Gasteiger partial charge in [0.1, 0.15) is 0 Å². The summed E-state index contributed by atoms with van der Waals surface area (Å²) in [5.74, 6) is 0.140. The molecular formula is C9H13NO3. The van der Waals surface area contributed by atoms with Crippen LogP contribution in [0.5, 0.6) is 0 Å². The first-order chi connectivity index (χ1) is 6.18. The second-order valence-electron chi connectivity index (χ2n) is 3.82. The summed E-state index contributed by atoms with van der Waals surface area (Å²) in [6.45, 7) is 2.64. The highest BCUT2D eigenvalue weighted by atomic mass is 16.5. The number of ether oxygens (including phenoxy) is 1. The number of amides is 1. The van der Waals surface area contributed by atoms with Crippen LogP contribution in [-0.4, -0.2) is 24.5 Å². The van der Waals surface area contributed by atoms with Crippen molar-refractivity contribution in [2.75, 3.05) is 6.54 Å². The van der Waals surface area contributed by atoms with Gasteiger partial charge in [0.05, 0.1) is 5.92 Å². The molecule has 2 fully saturated rings. The molecule has 72 valence electrons. The lowest BCUT2D eigenvalue weighted by Gasteiger charge is -2.08. The monoisotopic (exact) mass is 183 g/mol. The number of rotatable bonds is 2. The first-order valence-electron chi connectivity index (χ1n) is 4.66. The molecule has 0 radical (unpaired) electrons. The molecule has 1 unspecified atom stereocenters. The van der Waals surface area contributed by atoms with Crippen molar-refractivity contribution in [1.82, 2.24) is 5.32 Å². The van der Waals surface area contributed by atoms with Gasteiger partial charge in [0, 0.05) is 13.0 Å². The summed E-state index contributed by atoms with van der Waals surface area (Å²) in [5, 5.41) is 2.63. The molecule has 2 rings (SSSR count). The molecule has 1 amide bonds. The summed E-state index contributed by atoms with van der Waals surface area (Å²) in [4.78, 5) is 22.4. The van der Waals surface area contributed by atoms with Crippen LogP contribution in [0.25, 0.3) is 0 Å². The minimum absolute atomic E-state index is 0.0494. The Morgan fingerprint density at radius 1 is 1.62 bits per heavy atom. The first kappa shape index (κ1) is 8.53. The molecule has 0 aromatic heterocycles. The van der Waals surface area contributed by atoms with Crippen LogP contribution >= 0.6 is 0 Å². The Labute approximate surface area is 76.6 Å². The molecule has 0 aromatic rings. The third kappa shape index (κ3) is 1.66. The number of esters is 1. The van der Waals surface area contributed by atoms with E-state index in [1.807, 2.05) is 6.92 Å². The van der Waals surface area contributed by atoms with Crippen LogP contribution in [0.1, 0.15) is 19.8 Å². The first-order valence-corrected chi connectivity index (χ1v) is 4.66. The van der Waals surface area contributed by atoms with Crippen molar-refractivity contribution < 1.29 is 14.3 Å². The SMILES string of the molecule is C[C@@H]1C[C@H]1C(=O)OC1CCNC1=O. The van der Waals surface area contributed by atoms with Gasteiger partial charge in [-0.3, -0.25) is 9.59 Å². The van der Waals surface area contributed by atoms with Gasteiger partial charge in [-0.25, -0.2) is 0 Å². The molecule has 1 aliphatic heterocycles. The Kier molecular flexibility index (Phi) is 1.98. The van der Waals surface area contributed by atoms with Gasteiger partial charge >= 0.3 is 5.97 Å². The van der Waals surface area contributed by atoms with E-state index < -0.39 is 6.10 Å². The maximum atomic E-state index is 11.3. The van der Waals surface area contributed by atoms with E-state index in [2.05, 4.69) is 5.32 Å². The van der Waals surface area contributed by atoms with E-state index in [-0.39, 0.29) is 17.8 Å². The van der Waals surface area contributed by atoms with Crippen LogP contribution in [0.2, 0.25) is 0 Å². The quantitative estimate of drug-likeness (QED) is 0.616. The molecule has 0 aromatic carbocycles. The minimum atomic E-state index is -0.528. The third-order valence-electron chi connectivity index (χ3n) is 2.67. The normalized spacial score (nSPS) is 37.0. The molecule has 3 atom stereocenters. The highest BCUT2D eigenvalue weighted by Gasteiger charge is 2.42. The average Bonchev–Trinajstić information content (AvgIpc) is 2.68. The molecule has 1 heterocycles. The maximum Gasteiger partial charge on any atom is 0.310 e. The highest BCUT2D eigenvalue weighted by molar-refractivity contribution is 5.86. The summed E-state index contributed by atoms with van der Waals surface area (Å²) in [6.07, 6.45) is 0.999. The Hall–Kier alpha value is -1.06. The number of nitrogens with one attached hydrogen (secondary N) is 1. The zero-order chi connectivity index (χ0) is 9.42. The van der Waals surface area contributed by atoms with Crippen molar-refractivity contribution in [3.63, 3.8) is 0 Å². The van der Waals surface area contributed by atoms with Crippen molar-refractivity contribution in [3.05, 3.63) is 0 Å². The molecular weight excluding hydrogens is 170 g/mol. The van der Waals surface area contributed by atoms with Gasteiger partial charge < -0.3 is 10.1 Å². The van der Waals surface area contributed by atoms with Gasteiger partial charge in [0.2, 0.25) is 0 Å². The fraction of sp³-hybridized carbons (Fsp3) is 0.778. The van der Waals surface area contributed by atoms with Crippen LogP contribution in [-0.2, 0) is 14.3 Å². The molecule has 1 aliphatic carbocycles. The topological polar surface area (TPSA) is 55.4 Å². The van der Waals surface area contributed by atoms with Gasteiger partial charge in [-0.05, 0) is 12.3 Å². The summed E-state index contributed by atoms with van der Waals surface area (Å²) in [7, 11) is 0. The molecule has 0 bridgehead atoms. The Morgan fingerprint density at radius 3 is 2.77 bits per heavy atom. The lowest BCUT2D eigenvalue weighted by Crippen LogP contribution is -2.28. The van der Waals surface area contributed by atoms with Crippen molar-refractivity contribution in [2.24, 2.45) is 11.8 Å². The van der Waals surface area contributed by atoms with Crippen molar-refractivity contribution in [1.29, 1.82) is 0 Å². The van der Waals surface area contributed by atoms with Gasteiger partial charge in [0.25, 0.3) is 5.91 Å². The number of hydrogen-bond donors (Lipinski definition) is 1. The van der Waals surface area contributed by atoms with Gasteiger partial charge in [0.15, 0.2) is 6.10 Å². The van der Waals surface area contributed by atoms with E-state index in [9.17, 15) is 9.59 Å². The molecule has 1 saturated carbocycles. The number of carbonyl (C=O) groups excluding carboxylic acids is 2. The predicted molar refractivity (Wildman–Crippen MR) is 44.8 cm³/mol. The van der Waals surface area contributed by atoms with Crippen LogP contribution in [0, 0.1) is 11.8 Å². The van der Waals surface area contributed by atoms with E-state index in [0.717, 1.165) is 6.42 Å². The zero-order valence-corrected chi connectivity index (χ0v) is 7.58. The van der Waals surface area contributed by atoms with E-state index >= 15 is 0 Å². The Balaban J connectivity index is 1.83. The van der Waals surface area contributed by atoms with Crippen molar-refractivity contribution in [2.45, 2.75) is 25.9 Å². The van der Waals surface area contributed by atoms with Gasteiger partial charge in [-0.2, -0.15) is 0 Å². The lowest BCUT2D eigenvalue weighted by atomic mass is 10.3. The van der Waals surface area contributed by atoms with Gasteiger partial charge in [-0.1, -0.05) is 6.92 Å². The van der Waals surface area contributed by atoms with Crippen LogP contribution < -0.4 is 5.32 Å². The standard InChI is InChI=1S/C9H13NO3/c1-5-4-6(5)9(12)13-7-2-3-10-8(7)11/h5-7H,2-4H2,1H3,(H,10,11)/t5-,6-,7?/m1/s1. The fourth-order valence-corrected chi connectivity index (χ4v) is 1.56. The predicted octanol–water partition coefficient (Wildman–Crippen LogP) is 0.0741. The molecule has 1 saturated heterocycles. The van der Waals surface area contributed by atoms with Crippen molar-refractivity contribution >= 4 is 11.9 Å². The van der Waals surface area contributed by atoms with Crippen LogP contribution in [0.4, 0.5) is 0 Å². The maximum absolute atomic E-state index is 11.3. The smallest absolute Gasteiger partial charge is 0.310 e. The zero-order valence-electron chi connectivity index (χ0n) is 7.58. The van der Waals surface area contributed by atoms with Crippen LogP contribution in [0.15, 0.2) is 0 Å².